The number of likely N-dealkylation sites (tertiary alicyclic amines) is 1. The first-order chi connectivity index (χ1) is 10.3. The summed E-state index contributed by atoms with van der Waals surface area (Å²) in [5.41, 5.74) is 1.90. The normalized spacial score (nSPS) is 28.8. The zero-order valence-electron chi connectivity index (χ0n) is 11.6. The minimum atomic E-state index is -4.49. The number of aliphatic carboxylic acids is 1. The molecule has 2 aliphatic rings. The number of carbonyl (C=O) groups is 1. The van der Waals surface area contributed by atoms with Gasteiger partial charge >= 0.3 is 12.1 Å². The first-order valence-electron chi connectivity index (χ1n) is 7.10. The van der Waals surface area contributed by atoms with Gasteiger partial charge in [-0.15, -0.1) is 0 Å². The topological polar surface area (TPSA) is 40.5 Å². The molecule has 1 aliphatic heterocycles. The second kappa shape index (κ2) is 5.42. The smallest absolute Gasteiger partial charge is 0.393 e. The molecule has 0 amide bonds. The van der Waals surface area contributed by atoms with Gasteiger partial charge in [-0.3, -0.25) is 9.69 Å². The van der Waals surface area contributed by atoms with Crippen molar-refractivity contribution in [1.29, 1.82) is 0 Å². The third-order valence-corrected chi connectivity index (χ3v) is 5.06. The van der Waals surface area contributed by atoms with Gasteiger partial charge in [0.1, 0.15) is 0 Å². The monoisotopic (exact) mass is 333 g/mol. The van der Waals surface area contributed by atoms with Crippen LogP contribution < -0.4 is 0 Å². The highest BCUT2D eigenvalue weighted by Crippen LogP contribution is 2.45. The Kier molecular flexibility index (Phi) is 3.85. The Bertz CT molecular complexity index is 605. The maximum absolute atomic E-state index is 13.1. The third kappa shape index (κ3) is 2.58. The molecule has 1 fully saturated rings. The molecule has 1 aromatic rings. The van der Waals surface area contributed by atoms with Gasteiger partial charge in [-0.25, -0.2) is 0 Å². The number of benzene rings is 1. The summed E-state index contributed by atoms with van der Waals surface area (Å²) >= 11 is 6.13. The lowest BCUT2D eigenvalue weighted by Gasteiger charge is -2.25. The Morgan fingerprint density at radius 1 is 1.32 bits per heavy atom. The van der Waals surface area contributed by atoms with Gasteiger partial charge in [0.25, 0.3) is 0 Å². The van der Waals surface area contributed by atoms with Crippen LogP contribution in [0, 0.1) is 11.8 Å². The van der Waals surface area contributed by atoms with Gasteiger partial charge in [0.15, 0.2) is 0 Å². The van der Waals surface area contributed by atoms with Crippen LogP contribution in [-0.2, 0) is 11.2 Å². The maximum atomic E-state index is 13.1. The number of alkyl halides is 3. The average molecular weight is 334 g/mol. The van der Waals surface area contributed by atoms with Crippen molar-refractivity contribution in [3.8, 4) is 0 Å². The van der Waals surface area contributed by atoms with E-state index in [0.29, 0.717) is 17.9 Å². The van der Waals surface area contributed by atoms with Crippen molar-refractivity contribution >= 4 is 17.6 Å². The van der Waals surface area contributed by atoms with Gasteiger partial charge in [-0.1, -0.05) is 23.7 Å². The molecule has 0 unspecified atom stereocenters. The summed E-state index contributed by atoms with van der Waals surface area (Å²) in [5, 5.41) is 9.73. The van der Waals surface area contributed by atoms with E-state index in [-0.39, 0.29) is 19.1 Å². The van der Waals surface area contributed by atoms with Crippen molar-refractivity contribution in [3.05, 3.63) is 34.3 Å². The maximum Gasteiger partial charge on any atom is 0.393 e. The van der Waals surface area contributed by atoms with E-state index in [9.17, 15) is 18.0 Å². The molecule has 1 heterocycles. The predicted octanol–water partition coefficient (Wildman–Crippen LogP) is 3.52. The standard InChI is InChI=1S/C15H15ClF3NO2/c16-12-3-1-2-9-8(12)4-5-13(9)20-6-10(14(21)22)11(7-20)15(17,18)19/h1-3,10-11,13H,4-7H2,(H,21,22)/t10-,11-,13+/m1/s1. The Balaban J connectivity index is 1.87. The van der Waals surface area contributed by atoms with Gasteiger partial charge in [0.05, 0.1) is 11.8 Å². The number of halogens is 4. The van der Waals surface area contributed by atoms with Crippen LogP contribution in [0.4, 0.5) is 13.2 Å². The highest BCUT2D eigenvalue weighted by molar-refractivity contribution is 6.31. The van der Waals surface area contributed by atoms with Crippen LogP contribution in [-0.4, -0.2) is 35.2 Å². The quantitative estimate of drug-likeness (QED) is 0.900. The molecule has 3 atom stereocenters. The molecule has 0 spiro atoms. The summed E-state index contributed by atoms with van der Waals surface area (Å²) in [6, 6.07) is 5.25. The first-order valence-corrected chi connectivity index (χ1v) is 7.47. The van der Waals surface area contributed by atoms with Gasteiger partial charge in [0.2, 0.25) is 0 Å². The number of fused-ring (bicyclic) bond motifs is 1. The molecular weight excluding hydrogens is 319 g/mol. The molecule has 3 nitrogen and oxygen atoms in total. The van der Waals surface area contributed by atoms with E-state index >= 15 is 0 Å². The molecule has 1 aromatic carbocycles. The molecule has 3 rings (SSSR count). The average Bonchev–Trinajstić information content (AvgIpc) is 3.01. The zero-order valence-corrected chi connectivity index (χ0v) is 12.4. The number of carboxylic acid groups (broad SMARTS) is 1. The number of rotatable bonds is 2. The van der Waals surface area contributed by atoms with E-state index in [1.165, 1.54) is 0 Å². The number of hydrogen-bond donors (Lipinski definition) is 1. The lowest BCUT2D eigenvalue weighted by Crippen LogP contribution is -2.33. The number of hydrogen-bond acceptors (Lipinski definition) is 2. The SMILES string of the molecule is O=C(O)[C@@H]1CN([C@H]2CCc3c(Cl)cccc32)C[C@H]1C(F)(F)F. The summed E-state index contributed by atoms with van der Waals surface area (Å²) in [7, 11) is 0. The van der Waals surface area contributed by atoms with E-state index in [0.717, 1.165) is 11.1 Å². The van der Waals surface area contributed by atoms with E-state index in [2.05, 4.69) is 0 Å². The molecule has 0 radical (unpaired) electrons. The lowest BCUT2D eigenvalue weighted by atomic mass is 9.96. The van der Waals surface area contributed by atoms with Crippen LogP contribution in [0.25, 0.3) is 0 Å². The molecule has 7 heteroatoms. The molecule has 120 valence electrons. The van der Waals surface area contributed by atoms with E-state index in [4.69, 9.17) is 16.7 Å². The second-order valence-corrected chi connectivity index (χ2v) is 6.32. The molecular formula is C15H15ClF3NO2. The van der Waals surface area contributed by atoms with E-state index in [1.807, 2.05) is 6.07 Å². The fraction of sp³-hybridized carbons (Fsp3) is 0.533. The highest BCUT2D eigenvalue weighted by Gasteiger charge is 2.54. The Hall–Kier alpha value is -1.27. The first kappa shape index (κ1) is 15.6. The van der Waals surface area contributed by atoms with E-state index < -0.39 is 24.0 Å². The minimum Gasteiger partial charge on any atom is -0.481 e. The van der Waals surface area contributed by atoms with Crippen molar-refractivity contribution in [2.24, 2.45) is 11.8 Å². The zero-order chi connectivity index (χ0) is 16.1. The summed E-state index contributed by atoms with van der Waals surface area (Å²) < 4.78 is 39.2. The molecule has 1 N–H and O–H groups in total. The van der Waals surface area contributed by atoms with Crippen molar-refractivity contribution in [3.63, 3.8) is 0 Å². The minimum absolute atomic E-state index is 0.0733. The predicted molar refractivity (Wildman–Crippen MR) is 74.8 cm³/mol. The Labute approximate surface area is 130 Å². The van der Waals surface area contributed by atoms with Gasteiger partial charge in [-0.2, -0.15) is 13.2 Å². The number of nitrogens with zero attached hydrogens (tertiary/aromatic N) is 1. The third-order valence-electron chi connectivity index (χ3n) is 4.71. The van der Waals surface area contributed by atoms with Crippen LogP contribution in [0.3, 0.4) is 0 Å². The van der Waals surface area contributed by atoms with Crippen molar-refractivity contribution < 1.29 is 23.1 Å². The molecule has 0 saturated carbocycles. The lowest BCUT2D eigenvalue weighted by molar-refractivity contribution is -0.188. The van der Waals surface area contributed by atoms with Gasteiger partial charge in [0, 0.05) is 24.2 Å². The van der Waals surface area contributed by atoms with Crippen LogP contribution in [0.5, 0.6) is 0 Å². The molecule has 22 heavy (non-hydrogen) atoms. The van der Waals surface area contributed by atoms with Crippen molar-refractivity contribution in [1.82, 2.24) is 4.90 Å². The largest absolute Gasteiger partial charge is 0.481 e. The second-order valence-electron chi connectivity index (χ2n) is 5.91. The van der Waals surface area contributed by atoms with Crippen LogP contribution in [0.1, 0.15) is 23.6 Å². The summed E-state index contributed by atoms with van der Waals surface area (Å²) in [5.74, 6) is -4.59. The summed E-state index contributed by atoms with van der Waals surface area (Å²) in [6.07, 6.45) is -3.10. The fourth-order valence-corrected chi connectivity index (χ4v) is 3.91. The van der Waals surface area contributed by atoms with Crippen LogP contribution in [0.2, 0.25) is 5.02 Å². The Morgan fingerprint density at radius 2 is 2.05 bits per heavy atom. The summed E-state index contributed by atoms with van der Waals surface area (Å²) in [4.78, 5) is 12.8. The van der Waals surface area contributed by atoms with Gasteiger partial charge < -0.3 is 5.11 Å². The Morgan fingerprint density at radius 3 is 2.64 bits per heavy atom. The summed E-state index contributed by atoms with van der Waals surface area (Å²) in [6.45, 7) is -0.340. The van der Waals surface area contributed by atoms with Crippen LogP contribution >= 0.6 is 11.6 Å². The van der Waals surface area contributed by atoms with Gasteiger partial charge in [-0.05, 0) is 30.0 Å². The highest BCUT2D eigenvalue weighted by atomic mass is 35.5. The molecule has 0 bridgehead atoms. The molecule has 0 aromatic heterocycles. The molecule has 1 saturated heterocycles. The van der Waals surface area contributed by atoms with Crippen molar-refractivity contribution in [2.75, 3.05) is 13.1 Å². The van der Waals surface area contributed by atoms with Crippen molar-refractivity contribution in [2.45, 2.75) is 25.1 Å². The van der Waals surface area contributed by atoms with Crippen LogP contribution in [0.15, 0.2) is 18.2 Å². The number of carboxylic acids is 1. The van der Waals surface area contributed by atoms with E-state index in [1.54, 1.807) is 17.0 Å². The molecule has 1 aliphatic carbocycles. The fourth-order valence-electron chi connectivity index (χ4n) is 3.64.